The summed E-state index contributed by atoms with van der Waals surface area (Å²) in [6.45, 7) is 0.858. The Bertz CT molecular complexity index is 494. The highest BCUT2D eigenvalue weighted by molar-refractivity contribution is 6.30. The van der Waals surface area contributed by atoms with Crippen LogP contribution in [-0.2, 0) is 4.79 Å². The van der Waals surface area contributed by atoms with E-state index in [1.54, 1.807) is 6.07 Å². The third kappa shape index (κ3) is 1.94. The first-order chi connectivity index (χ1) is 8.65. The SMILES string of the molecule is O=C1CC(Nc2ccc(Cl)c(F)c2)C2CCCN12. The standard InChI is InChI=1S/C13H14ClFN2O/c14-9-4-3-8(6-10(9)15)16-11-7-13(18)17-5-1-2-12(11)17/h3-4,6,11-12,16H,1-2,5,7H2. The maximum atomic E-state index is 13.3. The minimum atomic E-state index is -0.436. The Morgan fingerprint density at radius 2 is 2.28 bits per heavy atom. The number of fused-ring (bicyclic) bond motifs is 1. The van der Waals surface area contributed by atoms with Gasteiger partial charge in [0.1, 0.15) is 5.82 Å². The van der Waals surface area contributed by atoms with Crippen LogP contribution >= 0.6 is 11.6 Å². The molecule has 5 heteroatoms. The van der Waals surface area contributed by atoms with E-state index < -0.39 is 5.82 Å². The molecule has 0 aliphatic carbocycles. The van der Waals surface area contributed by atoms with E-state index >= 15 is 0 Å². The lowest BCUT2D eigenvalue weighted by Crippen LogP contribution is -2.34. The molecule has 1 N–H and O–H groups in total. The van der Waals surface area contributed by atoms with Crippen molar-refractivity contribution in [2.24, 2.45) is 0 Å². The van der Waals surface area contributed by atoms with Crippen molar-refractivity contribution in [3.63, 3.8) is 0 Å². The van der Waals surface area contributed by atoms with Gasteiger partial charge in [-0.15, -0.1) is 0 Å². The van der Waals surface area contributed by atoms with Gasteiger partial charge >= 0.3 is 0 Å². The number of benzene rings is 1. The molecule has 0 bridgehead atoms. The molecule has 96 valence electrons. The van der Waals surface area contributed by atoms with Crippen LogP contribution in [-0.4, -0.2) is 29.4 Å². The first-order valence-electron chi connectivity index (χ1n) is 6.16. The van der Waals surface area contributed by atoms with E-state index in [0.717, 1.165) is 19.4 Å². The summed E-state index contributed by atoms with van der Waals surface area (Å²) in [7, 11) is 0. The van der Waals surface area contributed by atoms with Gasteiger partial charge in [-0.2, -0.15) is 0 Å². The topological polar surface area (TPSA) is 32.3 Å². The van der Waals surface area contributed by atoms with E-state index in [-0.39, 0.29) is 23.0 Å². The van der Waals surface area contributed by atoms with Gasteiger partial charge in [-0.3, -0.25) is 4.79 Å². The Labute approximate surface area is 110 Å². The van der Waals surface area contributed by atoms with Gasteiger partial charge in [-0.05, 0) is 31.0 Å². The highest BCUT2D eigenvalue weighted by Gasteiger charge is 2.42. The predicted octanol–water partition coefficient (Wildman–Crippen LogP) is 2.65. The van der Waals surface area contributed by atoms with Crippen molar-refractivity contribution in [1.29, 1.82) is 0 Å². The van der Waals surface area contributed by atoms with Gasteiger partial charge in [0.25, 0.3) is 0 Å². The second kappa shape index (κ2) is 4.43. The first kappa shape index (κ1) is 11.8. The molecule has 2 heterocycles. The molecule has 2 fully saturated rings. The number of rotatable bonds is 2. The smallest absolute Gasteiger partial charge is 0.225 e. The summed E-state index contributed by atoms with van der Waals surface area (Å²) in [4.78, 5) is 13.7. The van der Waals surface area contributed by atoms with Gasteiger partial charge in [0, 0.05) is 18.7 Å². The van der Waals surface area contributed by atoms with Crippen molar-refractivity contribution < 1.29 is 9.18 Å². The van der Waals surface area contributed by atoms with Crippen LogP contribution in [0.1, 0.15) is 19.3 Å². The summed E-state index contributed by atoms with van der Waals surface area (Å²) >= 11 is 5.64. The van der Waals surface area contributed by atoms with Crippen LogP contribution in [0, 0.1) is 5.82 Å². The lowest BCUT2D eigenvalue weighted by atomic mass is 10.1. The van der Waals surface area contributed by atoms with Gasteiger partial charge in [-0.25, -0.2) is 4.39 Å². The van der Waals surface area contributed by atoms with Crippen LogP contribution in [0.5, 0.6) is 0 Å². The molecule has 1 aromatic rings. The number of anilines is 1. The normalized spacial score (nSPS) is 26.6. The van der Waals surface area contributed by atoms with E-state index in [1.165, 1.54) is 12.1 Å². The van der Waals surface area contributed by atoms with E-state index in [2.05, 4.69) is 5.32 Å². The maximum Gasteiger partial charge on any atom is 0.225 e. The lowest BCUT2D eigenvalue weighted by Gasteiger charge is -2.21. The Balaban J connectivity index is 1.76. The number of carbonyl (C=O) groups excluding carboxylic acids is 1. The number of hydrogen-bond acceptors (Lipinski definition) is 2. The second-order valence-electron chi connectivity index (χ2n) is 4.88. The summed E-state index contributed by atoms with van der Waals surface area (Å²) in [5.74, 6) is -0.237. The Kier molecular flexibility index (Phi) is 2.90. The average molecular weight is 269 g/mol. The van der Waals surface area contributed by atoms with Crippen molar-refractivity contribution in [3.05, 3.63) is 29.0 Å². The molecule has 1 amide bonds. The molecule has 0 spiro atoms. The summed E-state index contributed by atoms with van der Waals surface area (Å²) in [6, 6.07) is 5.00. The van der Waals surface area contributed by atoms with Crippen molar-refractivity contribution >= 4 is 23.2 Å². The van der Waals surface area contributed by atoms with Gasteiger partial charge in [0.15, 0.2) is 0 Å². The van der Waals surface area contributed by atoms with Crippen LogP contribution in [0.3, 0.4) is 0 Å². The third-order valence-corrected chi connectivity index (χ3v) is 4.06. The minimum absolute atomic E-state index is 0.0839. The number of nitrogens with one attached hydrogen (secondary N) is 1. The molecule has 3 nitrogen and oxygen atoms in total. The number of carbonyl (C=O) groups is 1. The fraction of sp³-hybridized carbons (Fsp3) is 0.462. The molecule has 2 aliphatic rings. The fourth-order valence-corrected chi connectivity index (χ4v) is 3.03. The highest BCUT2D eigenvalue weighted by atomic mass is 35.5. The Morgan fingerprint density at radius 1 is 1.44 bits per heavy atom. The molecule has 0 saturated carbocycles. The van der Waals surface area contributed by atoms with Gasteiger partial charge in [0.2, 0.25) is 5.91 Å². The van der Waals surface area contributed by atoms with E-state index in [1.807, 2.05) is 4.90 Å². The number of amides is 1. The Hall–Kier alpha value is -1.29. The van der Waals surface area contributed by atoms with Crippen molar-refractivity contribution in [1.82, 2.24) is 4.90 Å². The van der Waals surface area contributed by atoms with E-state index in [4.69, 9.17) is 11.6 Å². The van der Waals surface area contributed by atoms with Gasteiger partial charge < -0.3 is 10.2 Å². The summed E-state index contributed by atoms with van der Waals surface area (Å²) < 4.78 is 13.3. The van der Waals surface area contributed by atoms with Crippen LogP contribution in [0.15, 0.2) is 18.2 Å². The van der Waals surface area contributed by atoms with Crippen molar-refractivity contribution in [3.8, 4) is 0 Å². The molecule has 2 atom stereocenters. The quantitative estimate of drug-likeness (QED) is 0.894. The minimum Gasteiger partial charge on any atom is -0.380 e. The van der Waals surface area contributed by atoms with Gasteiger partial charge in [0.05, 0.1) is 17.1 Å². The maximum absolute atomic E-state index is 13.3. The van der Waals surface area contributed by atoms with Crippen LogP contribution < -0.4 is 5.32 Å². The van der Waals surface area contributed by atoms with E-state index in [9.17, 15) is 9.18 Å². The zero-order chi connectivity index (χ0) is 12.7. The van der Waals surface area contributed by atoms with Crippen LogP contribution in [0.2, 0.25) is 5.02 Å². The third-order valence-electron chi connectivity index (χ3n) is 3.75. The van der Waals surface area contributed by atoms with Gasteiger partial charge in [-0.1, -0.05) is 11.6 Å². The number of hydrogen-bond donors (Lipinski definition) is 1. The lowest BCUT2D eigenvalue weighted by molar-refractivity contribution is -0.127. The molecule has 0 radical (unpaired) electrons. The molecule has 18 heavy (non-hydrogen) atoms. The highest BCUT2D eigenvalue weighted by Crippen LogP contribution is 2.31. The first-order valence-corrected chi connectivity index (χ1v) is 6.54. The zero-order valence-corrected chi connectivity index (χ0v) is 10.6. The van der Waals surface area contributed by atoms with Crippen LogP contribution in [0.4, 0.5) is 10.1 Å². The second-order valence-corrected chi connectivity index (χ2v) is 5.29. The van der Waals surface area contributed by atoms with Crippen LogP contribution in [0.25, 0.3) is 0 Å². The monoisotopic (exact) mass is 268 g/mol. The summed E-state index contributed by atoms with van der Waals surface area (Å²) in [5, 5.41) is 3.37. The number of nitrogens with zero attached hydrogens (tertiary/aromatic N) is 1. The van der Waals surface area contributed by atoms with E-state index in [0.29, 0.717) is 12.1 Å². The molecule has 0 aromatic heterocycles. The molecule has 3 rings (SSSR count). The molecular formula is C13H14ClFN2O. The predicted molar refractivity (Wildman–Crippen MR) is 68.2 cm³/mol. The van der Waals surface area contributed by atoms with Crippen molar-refractivity contribution in [2.75, 3.05) is 11.9 Å². The summed E-state index contributed by atoms with van der Waals surface area (Å²) in [5.41, 5.74) is 0.684. The van der Waals surface area contributed by atoms with Crippen molar-refractivity contribution in [2.45, 2.75) is 31.3 Å². The molecule has 1 aromatic carbocycles. The fourth-order valence-electron chi connectivity index (χ4n) is 2.91. The number of halogens is 2. The molecular weight excluding hydrogens is 255 g/mol. The Morgan fingerprint density at radius 3 is 3.06 bits per heavy atom. The largest absolute Gasteiger partial charge is 0.380 e. The average Bonchev–Trinajstić information content (AvgIpc) is 2.90. The molecule has 2 unspecified atom stereocenters. The molecule has 2 saturated heterocycles. The summed E-state index contributed by atoms with van der Waals surface area (Å²) in [6.07, 6.45) is 2.58. The molecule has 2 aliphatic heterocycles. The zero-order valence-electron chi connectivity index (χ0n) is 9.83.